The second-order valence-corrected chi connectivity index (χ2v) is 8.21. The molecule has 1 aromatic heterocycles. The third-order valence-corrected chi connectivity index (χ3v) is 6.09. The van der Waals surface area contributed by atoms with Crippen molar-refractivity contribution in [2.45, 2.75) is 25.3 Å². The number of benzene rings is 3. The summed E-state index contributed by atoms with van der Waals surface area (Å²) in [6, 6.07) is 23.3. The molecule has 1 unspecified atom stereocenters. The summed E-state index contributed by atoms with van der Waals surface area (Å²) in [4.78, 5) is 15.4. The number of carbonyl (C=O) groups excluding carboxylic acids is 1. The molecule has 0 bridgehead atoms. The number of carbonyl (C=O) groups is 1. The van der Waals surface area contributed by atoms with E-state index in [9.17, 15) is 9.18 Å². The first-order valence-corrected chi connectivity index (χ1v) is 11.1. The van der Waals surface area contributed by atoms with E-state index >= 15 is 0 Å². The number of hydrogen-bond acceptors (Lipinski definition) is 3. The summed E-state index contributed by atoms with van der Waals surface area (Å²) >= 11 is 0. The Hall–Kier alpha value is -3.44. The second kappa shape index (κ2) is 8.97. The largest absolute Gasteiger partial charge is 0.457 e. The lowest BCUT2D eigenvalue weighted by Gasteiger charge is -2.34. The molecular weight excluding hydrogens is 403 g/mol. The fourth-order valence-corrected chi connectivity index (χ4v) is 4.51. The molecule has 4 aromatic rings. The minimum atomic E-state index is -0.270. The molecule has 0 radical (unpaired) electrons. The first kappa shape index (κ1) is 20.5. The Morgan fingerprint density at radius 1 is 0.875 bits per heavy atom. The van der Waals surface area contributed by atoms with E-state index in [0.717, 1.165) is 42.5 Å². The van der Waals surface area contributed by atoms with Crippen molar-refractivity contribution in [1.29, 1.82) is 0 Å². The number of nitrogens with zero attached hydrogens (tertiary/aromatic N) is 1. The summed E-state index contributed by atoms with van der Waals surface area (Å²) in [6.07, 6.45) is 3.40. The highest BCUT2D eigenvalue weighted by molar-refractivity contribution is 6.09. The Morgan fingerprint density at radius 2 is 1.56 bits per heavy atom. The number of amides is 1. The van der Waals surface area contributed by atoms with Gasteiger partial charge in [-0.1, -0.05) is 48.9 Å². The van der Waals surface area contributed by atoms with Crippen LogP contribution >= 0.6 is 0 Å². The van der Waals surface area contributed by atoms with Gasteiger partial charge >= 0.3 is 0 Å². The number of para-hydroxylation sites is 1. The van der Waals surface area contributed by atoms with E-state index in [2.05, 4.69) is 10.2 Å². The van der Waals surface area contributed by atoms with Gasteiger partial charge in [0.25, 0.3) is 5.91 Å². The summed E-state index contributed by atoms with van der Waals surface area (Å²) in [5, 5.41) is 3.97. The van der Waals surface area contributed by atoms with E-state index < -0.39 is 0 Å². The number of piperidine rings is 1. The molecule has 1 amide bonds. The average Bonchev–Trinajstić information content (AvgIpc) is 3.19. The first-order chi connectivity index (χ1) is 15.7. The molecule has 1 fully saturated rings. The molecule has 3 aromatic carbocycles. The predicted octanol–water partition coefficient (Wildman–Crippen LogP) is 6.40. The molecular formula is C27H25FN2O2. The van der Waals surface area contributed by atoms with Crippen molar-refractivity contribution in [3.8, 4) is 0 Å². The van der Waals surface area contributed by atoms with E-state index in [-0.39, 0.29) is 17.8 Å². The molecule has 1 aliphatic rings. The zero-order valence-electron chi connectivity index (χ0n) is 17.8. The zero-order valence-corrected chi connectivity index (χ0v) is 17.8. The van der Waals surface area contributed by atoms with Crippen LogP contribution in [-0.2, 0) is 0 Å². The van der Waals surface area contributed by atoms with Crippen LogP contribution in [0.2, 0.25) is 0 Å². The van der Waals surface area contributed by atoms with Gasteiger partial charge < -0.3 is 9.73 Å². The van der Waals surface area contributed by atoms with Crippen LogP contribution < -0.4 is 5.32 Å². The highest BCUT2D eigenvalue weighted by Crippen LogP contribution is 2.41. The highest BCUT2D eigenvalue weighted by atomic mass is 19.1. The van der Waals surface area contributed by atoms with E-state index in [4.69, 9.17) is 4.42 Å². The minimum absolute atomic E-state index is 0.185. The fourth-order valence-electron chi connectivity index (χ4n) is 4.51. The lowest BCUT2D eigenvalue weighted by Crippen LogP contribution is -2.34. The van der Waals surface area contributed by atoms with Crippen molar-refractivity contribution < 1.29 is 13.6 Å². The lowest BCUT2D eigenvalue weighted by atomic mass is 9.98. The summed E-state index contributed by atoms with van der Waals surface area (Å²) in [6.45, 7) is 1.84. The van der Waals surface area contributed by atoms with Gasteiger partial charge in [-0.25, -0.2) is 4.39 Å². The second-order valence-electron chi connectivity index (χ2n) is 8.21. The van der Waals surface area contributed by atoms with Crippen molar-refractivity contribution in [3.05, 3.63) is 102 Å². The van der Waals surface area contributed by atoms with E-state index in [1.165, 1.54) is 18.6 Å². The summed E-state index contributed by atoms with van der Waals surface area (Å²) in [5.41, 5.74) is 2.92. The SMILES string of the molecule is O=C(Nc1c(C(c2ccc(F)cc2)N2CCCCC2)oc2ccccc12)c1ccccc1. The third-order valence-electron chi connectivity index (χ3n) is 6.09. The number of furan rings is 1. The van der Waals surface area contributed by atoms with Gasteiger partial charge in [0.1, 0.15) is 17.2 Å². The van der Waals surface area contributed by atoms with Gasteiger partial charge in [0.05, 0.1) is 11.7 Å². The Bertz CT molecular complexity index is 1210. The monoisotopic (exact) mass is 428 g/mol. The summed E-state index contributed by atoms with van der Waals surface area (Å²) < 4.78 is 20.1. The smallest absolute Gasteiger partial charge is 0.255 e. The Balaban J connectivity index is 1.63. The molecule has 0 spiro atoms. The van der Waals surface area contributed by atoms with Crippen LogP contribution in [0.15, 0.2) is 83.3 Å². The van der Waals surface area contributed by atoms with Crippen molar-refractivity contribution in [2.24, 2.45) is 0 Å². The molecule has 1 N–H and O–H groups in total. The van der Waals surface area contributed by atoms with Crippen LogP contribution in [0.5, 0.6) is 0 Å². The first-order valence-electron chi connectivity index (χ1n) is 11.1. The standard InChI is InChI=1S/C27H25FN2O2/c28-21-15-13-19(14-16-21)25(30-17-7-2-8-18-30)26-24(22-11-5-6-12-23(22)32-26)29-27(31)20-9-3-1-4-10-20/h1,3-6,9-16,25H,2,7-8,17-18H2,(H,29,31). The molecule has 1 aliphatic heterocycles. The molecule has 162 valence electrons. The van der Waals surface area contributed by atoms with Gasteiger partial charge in [-0.3, -0.25) is 9.69 Å². The molecule has 5 heteroatoms. The number of fused-ring (bicyclic) bond motifs is 1. The quantitative estimate of drug-likeness (QED) is 0.400. The van der Waals surface area contributed by atoms with Gasteiger partial charge in [-0.2, -0.15) is 0 Å². The van der Waals surface area contributed by atoms with Crippen molar-refractivity contribution in [3.63, 3.8) is 0 Å². The van der Waals surface area contributed by atoms with Gasteiger partial charge in [-0.05, 0) is 67.9 Å². The normalized spacial score (nSPS) is 15.5. The number of hydrogen-bond donors (Lipinski definition) is 1. The maximum absolute atomic E-state index is 13.7. The molecule has 1 atom stereocenters. The summed E-state index contributed by atoms with van der Waals surface area (Å²) in [7, 11) is 0. The van der Waals surface area contributed by atoms with Crippen molar-refractivity contribution in [1.82, 2.24) is 4.90 Å². The maximum Gasteiger partial charge on any atom is 0.255 e. The minimum Gasteiger partial charge on any atom is -0.457 e. The van der Waals surface area contributed by atoms with Crippen LogP contribution in [0, 0.1) is 5.82 Å². The molecule has 0 aliphatic carbocycles. The van der Waals surface area contributed by atoms with Gasteiger partial charge in [0.2, 0.25) is 0 Å². The average molecular weight is 429 g/mol. The van der Waals surface area contributed by atoms with Crippen LogP contribution in [0.4, 0.5) is 10.1 Å². The Kier molecular flexibility index (Phi) is 5.73. The predicted molar refractivity (Wildman–Crippen MR) is 124 cm³/mol. The molecule has 2 heterocycles. The number of halogens is 1. The number of anilines is 1. The van der Waals surface area contributed by atoms with Crippen molar-refractivity contribution >= 4 is 22.6 Å². The molecule has 5 rings (SSSR count). The fraction of sp³-hybridized carbons (Fsp3) is 0.222. The Morgan fingerprint density at radius 3 is 2.31 bits per heavy atom. The van der Waals surface area contributed by atoms with Crippen LogP contribution in [0.3, 0.4) is 0 Å². The third kappa shape index (κ3) is 4.04. The van der Waals surface area contributed by atoms with Crippen molar-refractivity contribution in [2.75, 3.05) is 18.4 Å². The van der Waals surface area contributed by atoms with Crippen LogP contribution in [0.1, 0.15) is 47.0 Å². The Labute approximate surface area is 186 Å². The van der Waals surface area contributed by atoms with Crippen LogP contribution in [-0.4, -0.2) is 23.9 Å². The van der Waals surface area contributed by atoms with E-state index in [1.54, 1.807) is 12.1 Å². The molecule has 0 saturated carbocycles. The van der Waals surface area contributed by atoms with Gasteiger partial charge in [0, 0.05) is 10.9 Å². The number of likely N-dealkylation sites (tertiary alicyclic amines) is 1. The summed E-state index contributed by atoms with van der Waals surface area (Å²) in [5.74, 6) is 0.229. The molecule has 32 heavy (non-hydrogen) atoms. The van der Waals surface area contributed by atoms with Gasteiger partial charge in [0.15, 0.2) is 0 Å². The van der Waals surface area contributed by atoms with Gasteiger partial charge in [-0.15, -0.1) is 0 Å². The maximum atomic E-state index is 13.7. The topological polar surface area (TPSA) is 45.5 Å². The number of nitrogens with one attached hydrogen (secondary N) is 1. The van der Waals surface area contributed by atoms with Crippen LogP contribution in [0.25, 0.3) is 11.0 Å². The molecule has 4 nitrogen and oxygen atoms in total. The zero-order chi connectivity index (χ0) is 21.9. The van der Waals surface area contributed by atoms with E-state index in [1.807, 2.05) is 54.6 Å². The van der Waals surface area contributed by atoms with E-state index in [0.29, 0.717) is 17.0 Å². The lowest BCUT2D eigenvalue weighted by molar-refractivity contribution is 0.102. The number of rotatable bonds is 5. The highest BCUT2D eigenvalue weighted by Gasteiger charge is 2.31. The molecule has 1 saturated heterocycles.